The van der Waals surface area contributed by atoms with Crippen LogP contribution in [0.1, 0.15) is 24.8 Å². The van der Waals surface area contributed by atoms with Gasteiger partial charge in [0.1, 0.15) is 18.5 Å². The summed E-state index contributed by atoms with van der Waals surface area (Å²) in [5.74, 6) is -0.736. The fraction of sp³-hybridized carbons (Fsp3) is 0.476. The van der Waals surface area contributed by atoms with Crippen molar-refractivity contribution < 1.29 is 24.5 Å². The van der Waals surface area contributed by atoms with E-state index in [4.69, 9.17) is 27.7 Å². The molecule has 1 saturated carbocycles. The number of benzene rings is 1. The highest BCUT2D eigenvalue weighted by atomic mass is 16.6. The first kappa shape index (κ1) is 21.4. The third-order valence-corrected chi connectivity index (χ3v) is 5.25. The Morgan fingerprint density at radius 2 is 2.00 bits per heavy atom. The Morgan fingerprint density at radius 1 is 1.32 bits per heavy atom. The molecule has 0 saturated heterocycles. The van der Waals surface area contributed by atoms with Gasteiger partial charge in [-0.3, -0.25) is 0 Å². The highest BCUT2D eigenvalue weighted by molar-refractivity contribution is 5.70. The van der Waals surface area contributed by atoms with Gasteiger partial charge in [-0.15, -0.1) is 0 Å². The van der Waals surface area contributed by atoms with Crippen LogP contribution in [0.25, 0.3) is 9.69 Å². The fourth-order valence-electron chi connectivity index (χ4n) is 3.76. The summed E-state index contributed by atoms with van der Waals surface area (Å²) in [5.41, 5.74) is -0.519. The second-order valence-electron chi connectivity index (χ2n) is 6.88. The number of methoxy groups -OCH3 is 1. The van der Waals surface area contributed by atoms with Crippen LogP contribution >= 0.6 is 0 Å². The maximum atomic E-state index is 11.7. The summed E-state index contributed by atoms with van der Waals surface area (Å²) in [4.78, 5) is 18.9. The number of hydrogen-bond acceptors (Lipinski definition) is 5. The molecule has 1 aromatic carbocycles. The topological polar surface area (TPSA) is 84.7 Å². The largest absolute Gasteiger partial charge is 0.497 e. The molecule has 28 heavy (non-hydrogen) atoms. The van der Waals surface area contributed by atoms with Gasteiger partial charge in [-0.1, -0.05) is 18.7 Å². The van der Waals surface area contributed by atoms with Crippen LogP contribution < -0.4 is 4.74 Å². The lowest BCUT2D eigenvalue weighted by atomic mass is 9.68. The Morgan fingerprint density at radius 3 is 2.54 bits per heavy atom. The van der Waals surface area contributed by atoms with Crippen LogP contribution in [0, 0.1) is 19.1 Å². The van der Waals surface area contributed by atoms with E-state index in [1.165, 1.54) is 0 Å². The number of esters is 1. The van der Waals surface area contributed by atoms with Gasteiger partial charge in [0.25, 0.3) is 5.54 Å². The number of rotatable bonds is 7. The molecule has 1 unspecified atom stereocenters. The number of carbonyl (C=O) groups is 1. The molecule has 1 aromatic rings. The van der Waals surface area contributed by atoms with Crippen molar-refractivity contribution in [1.82, 2.24) is 0 Å². The van der Waals surface area contributed by atoms with Crippen molar-refractivity contribution in [2.45, 2.75) is 43.4 Å². The molecule has 0 aliphatic heterocycles. The van der Waals surface area contributed by atoms with Crippen LogP contribution in [-0.4, -0.2) is 47.6 Å². The molecule has 7 heteroatoms. The lowest BCUT2D eigenvalue weighted by molar-refractivity contribution is -0.160. The van der Waals surface area contributed by atoms with E-state index in [2.05, 4.69) is 16.3 Å². The monoisotopic (exact) mass is 384 g/mol. The Balaban J connectivity index is 2.45. The normalized spacial score (nSPS) is 23.5. The number of aliphatic hydroxyl groups excluding tert-OH is 2. The molecule has 2 rings (SSSR count). The minimum atomic E-state index is -1.36. The molecule has 0 aromatic heterocycles. The molecular weight excluding hydrogens is 360 g/mol. The van der Waals surface area contributed by atoms with Gasteiger partial charge in [-0.25, -0.2) is 16.2 Å². The van der Waals surface area contributed by atoms with E-state index in [-0.39, 0.29) is 18.5 Å². The smallest absolute Gasteiger partial charge is 0.332 e. The zero-order valence-corrected chi connectivity index (χ0v) is 15.8. The summed E-state index contributed by atoms with van der Waals surface area (Å²) >= 11 is 0. The minimum Gasteiger partial charge on any atom is -0.497 e. The first-order valence-electron chi connectivity index (χ1n) is 8.97. The SMILES string of the molecule is [C-]#[N+]C(=C)C(Cc1ccc(OC)cc1)([N+]#[C-])[C@H]1C[C@@H](O)CC[C@@H]1OC(=O)CO. The van der Waals surface area contributed by atoms with Crippen LogP contribution in [-0.2, 0) is 16.0 Å². The number of ether oxygens (including phenoxy) is 2. The molecule has 0 bridgehead atoms. The minimum absolute atomic E-state index is 0.0439. The standard InChI is InChI=1S/C21H24N2O5/c1-14(22-2)21(23-3,12-15-5-8-17(27-4)9-6-15)18-11-16(25)7-10-19(18)28-20(26)13-24/h5-6,8-9,16,18-19,24-25H,1,7,10-13H2,4H3/t16-,18-,19-,21?/m0/s1. The van der Waals surface area contributed by atoms with Gasteiger partial charge in [-0.05, 0) is 37.0 Å². The molecule has 1 fully saturated rings. The van der Waals surface area contributed by atoms with Gasteiger partial charge in [0.2, 0.25) is 5.70 Å². The first-order chi connectivity index (χ1) is 13.4. The number of carbonyl (C=O) groups excluding carboxylic acids is 1. The van der Waals surface area contributed by atoms with Crippen LogP contribution in [0.4, 0.5) is 0 Å². The summed E-state index contributed by atoms with van der Waals surface area (Å²) in [6.07, 6.45) is -0.189. The third-order valence-electron chi connectivity index (χ3n) is 5.25. The predicted octanol–water partition coefficient (Wildman–Crippen LogP) is 2.39. The third kappa shape index (κ3) is 4.51. The fourth-order valence-corrected chi connectivity index (χ4v) is 3.76. The van der Waals surface area contributed by atoms with Crippen molar-refractivity contribution in [3.63, 3.8) is 0 Å². The molecule has 0 spiro atoms. The van der Waals surface area contributed by atoms with E-state index in [0.717, 1.165) is 5.56 Å². The van der Waals surface area contributed by atoms with Gasteiger partial charge in [0.15, 0.2) is 0 Å². The number of hydrogen-bond donors (Lipinski definition) is 2. The van der Waals surface area contributed by atoms with Crippen LogP contribution in [0.3, 0.4) is 0 Å². The van der Waals surface area contributed by atoms with Gasteiger partial charge in [0.05, 0.1) is 25.7 Å². The molecular formula is C21H24N2O5. The summed E-state index contributed by atoms with van der Waals surface area (Å²) < 4.78 is 10.5. The quantitative estimate of drug-likeness (QED) is 0.557. The van der Waals surface area contributed by atoms with Crippen LogP contribution in [0.2, 0.25) is 0 Å². The van der Waals surface area contributed by atoms with Gasteiger partial charge in [0, 0.05) is 6.42 Å². The molecule has 4 atom stereocenters. The summed E-state index contributed by atoms with van der Waals surface area (Å²) in [7, 11) is 1.56. The second-order valence-corrected chi connectivity index (χ2v) is 6.88. The molecule has 7 nitrogen and oxygen atoms in total. The lowest BCUT2D eigenvalue weighted by Gasteiger charge is -2.39. The van der Waals surface area contributed by atoms with E-state index in [1.54, 1.807) is 19.2 Å². The van der Waals surface area contributed by atoms with E-state index >= 15 is 0 Å². The maximum Gasteiger partial charge on any atom is 0.332 e. The van der Waals surface area contributed by atoms with Crippen LogP contribution in [0.5, 0.6) is 5.75 Å². The zero-order valence-electron chi connectivity index (χ0n) is 15.8. The average molecular weight is 384 g/mol. The Kier molecular flexibility index (Phi) is 7.17. The Hall–Kier alpha value is -2.87. The van der Waals surface area contributed by atoms with Gasteiger partial charge in [-0.2, -0.15) is 0 Å². The Labute approximate surface area is 164 Å². The molecule has 1 aliphatic rings. The van der Waals surface area contributed by atoms with E-state index in [9.17, 15) is 9.90 Å². The average Bonchev–Trinajstić information content (AvgIpc) is 2.73. The van der Waals surface area contributed by atoms with E-state index < -0.39 is 36.2 Å². The van der Waals surface area contributed by atoms with Crippen molar-refractivity contribution in [1.29, 1.82) is 0 Å². The summed E-state index contributed by atoms with van der Waals surface area (Å²) in [6.45, 7) is 18.4. The number of aliphatic hydroxyl groups is 2. The van der Waals surface area contributed by atoms with E-state index in [0.29, 0.717) is 18.6 Å². The highest BCUT2D eigenvalue weighted by Crippen LogP contribution is 2.44. The lowest BCUT2D eigenvalue weighted by Crippen LogP contribution is -2.50. The zero-order chi connectivity index (χ0) is 20.7. The van der Waals surface area contributed by atoms with Crippen molar-refractivity contribution in [2.24, 2.45) is 5.92 Å². The molecule has 1 aliphatic carbocycles. The highest BCUT2D eigenvalue weighted by Gasteiger charge is 2.55. The second kappa shape index (κ2) is 9.36. The number of nitrogens with zero attached hydrogens (tertiary/aromatic N) is 2. The molecule has 0 radical (unpaired) electrons. The van der Waals surface area contributed by atoms with E-state index in [1.807, 2.05) is 12.1 Å². The Bertz CT molecular complexity index is 792. The van der Waals surface area contributed by atoms with Gasteiger partial charge >= 0.3 is 5.97 Å². The van der Waals surface area contributed by atoms with Gasteiger partial charge < -0.3 is 24.5 Å². The first-order valence-corrected chi connectivity index (χ1v) is 8.97. The van der Waals surface area contributed by atoms with Crippen molar-refractivity contribution in [3.8, 4) is 5.75 Å². The predicted molar refractivity (Wildman–Crippen MR) is 102 cm³/mol. The maximum absolute atomic E-state index is 11.7. The molecule has 0 amide bonds. The summed E-state index contributed by atoms with van der Waals surface area (Å²) in [5, 5.41) is 19.3. The molecule has 148 valence electrons. The van der Waals surface area contributed by atoms with Crippen LogP contribution in [0.15, 0.2) is 36.5 Å². The van der Waals surface area contributed by atoms with Crippen molar-refractivity contribution >= 4 is 5.97 Å². The molecule has 0 heterocycles. The van der Waals surface area contributed by atoms with Crippen molar-refractivity contribution in [2.75, 3.05) is 13.7 Å². The summed E-state index contributed by atoms with van der Waals surface area (Å²) in [6, 6.07) is 7.15. The molecule has 2 N–H and O–H groups in total. The van der Waals surface area contributed by atoms with Crippen molar-refractivity contribution in [3.05, 3.63) is 64.9 Å².